The van der Waals surface area contributed by atoms with Crippen LogP contribution in [-0.2, 0) is 42.7 Å². The van der Waals surface area contributed by atoms with Crippen LogP contribution in [0, 0.1) is 12.1 Å². The number of rotatable bonds is 7. The molecule has 3 heterocycles. The van der Waals surface area contributed by atoms with E-state index in [2.05, 4.69) is 230 Å². The molecule has 8 rings (SSSR count). The Morgan fingerprint density at radius 3 is 1.90 bits per heavy atom. The van der Waals surface area contributed by atoms with Crippen molar-refractivity contribution in [3.63, 3.8) is 0 Å². The molecule has 0 fully saturated rings. The summed E-state index contributed by atoms with van der Waals surface area (Å²) in [4.78, 5) is 7.36. The van der Waals surface area contributed by atoms with E-state index in [4.69, 9.17) is 10.1 Å². The molecule has 0 aliphatic rings. The minimum atomic E-state index is -0.233. The topological polar surface area (TPSA) is 38.9 Å². The van der Waals surface area contributed by atoms with Crippen molar-refractivity contribution in [2.75, 3.05) is 4.90 Å². The molecule has 0 unspecified atom stereocenters. The van der Waals surface area contributed by atoms with Crippen LogP contribution in [0.15, 0.2) is 134 Å². The van der Waals surface area contributed by atoms with E-state index in [1.54, 1.807) is 0 Å². The van der Waals surface area contributed by atoms with Gasteiger partial charge >= 0.3 is 21.1 Å². The average molecular weight is 957 g/mol. The minimum absolute atomic E-state index is 0. The third-order valence-corrected chi connectivity index (χ3v) is 11.4. The van der Waals surface area contributed by atoms with Crippen LogP contribution in [0.5, 0.6) is 0 Å². The summed E-state index contributed by atoms with van der Waals surface area (Å²) < 4.78 is 4.40. The largest absolute Gasteiger partial charge is 2.00 e. The summed E-state index contributed by atoms with van der Waals surface area (Å²) in [6.07, 6.45) is 1.95. The maximum atomic E-state index is 5.21. The van der Waals surface area contributed by atoms with Crippen molar-refractivity contribution in [1.82, 2.24) is 19.3 Å². The van der Waals surface area contributed by atoms with Gasteiger partial charge in [-0.25, -0.2) is 4.98 Å². The average Bonchev–Trinajstić information content (AvgIpc) is 3.80. The molecule has 302 valence electrons. The van der Waals surface area contributed by atoms with Gasteiger partial charge in [-0.05, 0) is 64.0 Å². The Labute approximate surface area is 365 Å². The summed E-state index contributed by atoms with van der Waals surface area (Å²) in [5.41, 5.74) is 11.1. The summed E-state index contributed by atoms with van der Waals surface area (Å²) >= 11 is 0. The minimum Gasteiger partial charge on any atom is -0.358 e. The van der Waals surface area contributed by atoms with Crippen molar-refractivity contribution in [1.29, 1.82) is 0 Å². The van der Waals surface area contributed by atoms with Crippen molar-refractivity contribution < 1.29 is 21.1 Å². The molecule has 0 N–H and O–H groups in total. The van der Waals surface area contributed by atoms with Gasteiger partial charge in [0.1, 0.15) is 5.82 Å². The van der Waals surface area contributed by atoms with Gasteiger partial charge in [-0.1, -0.05) is 165 Å². The van der Waals surface area contributed by atoms with E-state index >= 15 is 0 Å². The number of pyridine rings is 1. The van der Waals surface area contributed by atoms with Crippen molar-refractivity contribution in [2.45, 2.75) is 97.8 Å². The molecule has 5 aromatic carbocycles. The standard InChI is InChI=1S/C53H55N5.Pt/c1-50(2,3)43-33-41(56(38-23-16-13-17-24-38)39-25-20-26-40(32-39)58-47(52(7,8)9)35-46(55-58)51(4,5)6)34-45-49(43)42-27-18-19-28-44(42)57(45)48-31-37(29-30-54-48)53(10,11)36-21-14-12-15-22-36;/h12-31,33,35H,1-11H3;/q-2;+2. The van der Waals surface area contributed by atoms with Gasteiger partial charge in [-0.2, -0.15) is 11.2 Å². The fourth-order valence-corrected chi connectivity index (χ4v) is 8.05. The molecule has 3 aromatic heterocycles. The van der Waals surface area contributed by atoms with Gasteiger partial charge in [0.15, 0.2) is 0 Å². The second kappa shape index (κ2) is 15.4. The Morgan fingerprint density at radius 1 is 0.576 bits per heavy atom. The zero-order chi connectivity index (χ0) is 41.2. The number of fused-ring (bicyclic) bond motifs is 3. The number of para-hydroxylation sites is 2. The molecule has 59 heavy (non-hydrogen) atoms. The zero-order valence-electron chi connectivity index (χ0n) is 36.3. The van der Waals surface area contributed by atoms with E-state index in [1.807, 2.05) is 6.20 Å². The zero-order valence-corrected chi connectivity index (χ0v) is 38.5. The fourth-order valence-electron chi connectivity index (χ4n) is 8.05. The predicted molar refractivity (Wildman–Crippen MR) is 243 cm³/mol. The monoisotopic (exact) mass is 956 g/mol. The molecule has 8 aromatic rings. The van der Waals surface area contributed by atoms with E-state index in [9.17, 15) is 0 Å². The van der Waals surface area contributed by atoms with Crippen molar-refractivity contribution in [3.8, 4) is 11.5 Å². The molecule has 0 saturated carbocycles. The predicted octanol–water partition coefficient (Wildman–Crippen LogP) is 13.7. The Hall–Kier alpha value is -5.25. The molecular weight excluding hydrogens is 902 g/mol. The van der Waals surface area contributed by atoms with Crippen molar-refractivity contribution >= 4 is 38.9 Å². The molecule has 0 radical (unpaired) electrons. The second-order valence-corrected chi connectivity index (χ2v) is 19.2. The van der Waals surface area contributed by atoms with Crippen molar-refractivity contribution in [2.24, 2.45) is 0 Å². The van der Waals surface area contributed by atoms with Gasteiger partial charge < -0.3 is 9.47 Å². The van der Waals surface area contributed by atoms with Gasteiger partial charge in [0.25, 0.3) is 0 Å². The molecule has 0 bridgehead atoms. The van der Waals surface area contributed by atoms with Gasteiger partial charge in [-0.3, -0.25) is 4.68 Å². The molecule has 0 atom stereocenters. The third-order valence-electron chi connectivity index (χ3n) is 11.4. The van der Waals surface area contributed by atoms with E-state index in [-0.39, 0.29) is 42.7 Å². The quantitative estimate of drug-likeness (QED) is 0.149. The first-order valence-corrected chi connectivity index (χ1v) is 20.4. The maximum Gasteiger partial charge on any atom is 2.00 e. The van der Waals surface area contributed by atoms with Crippen LogP contribution >= 0.6 is 0 Å². The second-order valence-electron chi connectivity index (χ2n) is 19.2. The van der Waals surface area contributed by atoms with Crippen LogP contribution in [0.2, 0.25) is 0 Å². The molecule has 6 heteroatoms. The van der Waals surface area contributed by atoms with E-state index in [1.165, 1.54) is 27.5 Å². The van der Waals surface area contributed by atoms with Crippen LogP contribution in [0.4, 0.5) is 17.1 Å². The first kappa shape index (κ1) is 41.9. The SMILES string of the molecule is CC(C)(C)c1cc(C(C)(C)C)n(-c2[c-]c(N(c3[c-]c4c(c(C(C)(C)C)c3)c3ccccc3n4-c3cc(C(C)(C)c4ccccc4)ccn3)c3ccccc3)ccc2)n1.[Pt+2]. The molecule has 0 spiro atoms. The van der Waals surface area contributed by atoms with E-state index in [0.29, 0.717) is 0 Å². The first-order valence-electron chi connectivity index (χ1n) is 20.4. The molecule has 0 aliphatic heterocycles. The number of benzene rings is 5. The summed E-state index contributed by atoms with van der Waals surface area (Å²) in [7, 11) is 0. The van der Waals surface area contributed by atoms with Crippen LogP contribution in [-0.4, -0.2) is 19.3 Å². The number of anilines is 3. The van der Waals surface area contributed by atoms with Gasteiger partial charge in [0.05, 0.1) is 5.69 Å². The summed E-state index contributed by atoms with van der Waals surface area (Å²) in [6.45, 7) is 24.9. The number of nitrogens with zero attached hydrogens (tertiary/aromatic N) is 5. The van der Waals surface area contributed by atoms with Crippen LogP contribution in [0.1, 0.15) is 104 Å². The summed E-state index contributed by atoms with van der Waals surface area (Å²) in [5.74, 6) is 0.865. The maximum absolute atomic E-state index is 5.21. The van der Waals surface area contributed by atoms with E-state index in [0.717, 1.165) is 51.0 Å². The van der Waals surface area contributed by atoms with Gasteiger partial charge in [-0.15, -0.1) is 35.9 Å². The van der Waals surface area contributed by atoms with Crippen LogP contribution in [0.3, 0.4) is 0 Å². The summed E-state index contributed by atoms with van der Waals surface area (Å²) in [6, 6.07) is 53.2. The van der Waals surface area contributed by atoms with Crippen LogP contribution < -0.4 is 4.90 Å². The number of aromatic nitrogens is 4. The number of hydrogen-bond donors (Lipinski definition) is 0. The van der Waals surface area contributed by atoms with Gasteiger partial charge in [0, 0.05) is 39.3 Å². The normalized spacial score (nSPS) is 12.5. The third kappa shape index (κ3) is 7.83. The Balaban J connectivity index is 0.00000528. The van der Waals surface area contributed by atoms with E-state index < -0.39 is 0 Å². The Kier molecular flexibility index (Phi) is 10.9. The van der Waals surface area contributed by atoms with Crippen molar-refractivity contribution in [3.05, 3.63) is 174 Å². The molecule has 5 nitrogen and oxygen atoms in total. The molecule has 0 saturated heterocycles. The molecule has 0 aliphatic carbocycles. The summed E-state index contributed by atoms with van der Waals surface area (Å²) in [5, 5.41) is 7.58. The Bertz CT molecular complexity index is 2750. The molecule has 0 amide bonds. The first-order chi connectivity index (χ1) is 27.4. The Morgan fingerprint density at radius 2 is 1.24 bits per heavy atom. The van der Waals surface area contributed by atoms with Crippen LogP contribution in [0.25, 0.3) is 33.3 Å². The fraction of sp³-hybridized carbons (Fsp3) is 0.283. The van der Waals surface area contributed by atoms with Gasteiger partial charge in [0.2, 0.25) is 0 Å². The number of hydrogen-bond acceptors (Lipinski definition) is 3. The molecular formula is C53H55N5Pt. The smallest absolute Gasteiger partial charge is 0.358 e.